The smallest absolute Gasteiger partial charge is 0.272 e. The number of nitrogens with zero attached hydrogens (tertiary/aromatic N) is 3. The predicted octanol–water partition coefficient (Wildman–Crippen LogP) is 4.23. The molecule has 2 amide bonds. The molecule has 2 heterocycles. The van der Waals surface area contributed by atoms with Gasteiger partial charge in [-0.1, -0.05) is 47.5 Å². The van der Waals surface area contributed by atoms with Crippen LogP contribution in [0.2, 0.25) is 10.0 Å². The van der Waals surface area contributed by atoms with Crippen LogP contribution in [-0.2, 0) is 4.74 Å². The molecule has 0 saturated carbocycles. The van der Waals surface area contributed by atoms with Gasteiger partial charge in [0.2, 0.25) is 0 Å². The van der Waals surface area contributed by atoms with Crippen molar-refractivity contribution in [1.82, 2.24) is 20.1 Å². The van der Waals surface area contributed by atoms with E-state index in [4.69, 9.17) is 27.9 Å². The number of hydrogen-bond donors (Lipinski definition) is 3. The Hall–Kier alpha value is -3.76. The summed E-state index contributed by atoms with van der Waals surface area (Å²) >= 11 is 12.8. The fourth-order valence-electron chi connectivity index (χ4n) is 3.57. The van der Waals surface area contributed by atoms with Crippen molar-refractivity contribution in [2.45, 2.75) is 6.04 Å². The first-order chi connectivity index (χ1) is 17.9. The maximum Gasteiger partial charge on any atom is 0.272 e. The van der Waals surface area contributed by atoms with E-state index in [0.717, 1.165) is 0 Å². The van der Waals surface area contributed by atoms with Crippen LogP contribution in [0.15, 0.2) is 72.9 Å². The first-order valence-corrected chi connectivity index (χ1v) is 11.9. The molecule has 0 spiro atoms. The van der Waals surface area contributed by atoms with E-state index in [2.05, 4.69) is 20.7 Å². The van der Waals surface area contributed by atoms with E-state index in [1.165, 1.54) is 23.9 Å². The average molecular weight is 540 g/mol. The molecule has 11 heteroatoms. The number of benzene rings is 2. The third-order valence-corrected chi connectivity index (χ3v) is 5.98. The normalized spacial score (nSPS) is 11.7. The topological polar surface area (TPSA) is 118 Å². The number of amides is 2. The highest BCUT2D eigenvalue weighted by Crippen LogP contribution is 2.32. The van der Waals surface area contributed by atoms with Gasteiger partial charge in [0.1, 0.15) is 5.82 Å². The number of aromatic nitrogens is 3. The maximum absolute atomic E-state index is 13.4. The highest BCUT2D eigenvalue weighted by atomic mass is 35.5. The molecular weight excluding hydrogens is 517 g/mol. The molecule has 2 aromatic heterocycles. The van der Waals surface area contributed by atoms with Crippen LogP contribution in [0.25, 0.3) is 16.9 Å². The van der Waals surface area contributed by atoms with E-state index >= 15 is 0 Å². The Balaban J connectivity index is 1.68. The van der Waals surface area contributed by atoms with Crippen LogP contribution in [0, 0.1) is 0 Å². The van der Waals surface area contributed by atoms with Crippen LogP contribution in [0.4, 0.5) is 5.82 Å². The number of ether oxygens (including phenoxy) is 1. The molecule has 0 aliphatic rings. The van der Waals surface area contributed by atoms with Crippen molar-refractivity contribution >= 4 is 40.8 Å². The summed E-state index contributed by atoms with van der Waals surface area (Å²) in [5, 5.41) is 19.8. The van der Waals surface area contributed by atoms with Crippen molar-refractivity contribution < 1.29 is 19.4 Å². The van der Waals surface area contributed by atoms with Gasteiger partial charge >= 0.3 is 0 Å². The fourth-order valence-corrected chi connectivity index (χ4v) is 4.14. The summed E-state index contributed by atoms with van der Waals surface area (Å²) in [6.45, 7) is -0.185. The zero-order chi connectivity index (χ0) is 26.4. The van der Waals surface area contributed by atoms with Gasteiger partial charge in [-0.2, -0.15) is 5.10 Å². The number of nitrogens with one attached hydrogen (secondary N) is 2. The van der Waals surface area contributed by atoms with Gasteiger partial charge < -0.3 is 20.5 Å². The number of carbonyl (C=O) groups excluding carboxylic acids is 2. The van der Waals surface area contributed by atoms with E-state index < -0.39 is 17.9 Å². The number of hydrogen-bond acceptors (Lipinski definition) is 6. The molecule has 2 aromatic carbocycles. The van der Waals surface area contributed by atoms with Crippen molar-refractivity contribution in [2.24, 2.45) is 0 Å². The van der Waals surface area contributed by atoms with Crippen LogP contribution >= 0.6 is 23.2 Å². The highest BCUT2D eigenvalue weighted by molar-refractivity contribution is 6.38. The van der Waals surface area contributed by atoms with Crippen molar-refractivity contribution in [2.75, 3.05) is 25.6 Å². The number of aliphatic hydroxyl groups excluding tert-OH is 1. The van der Waals surface area contributed by atoms with Gasteiger partial charge in [-0.25, -0.2) is 4.68 Å². The quantitative estimate of drug-likeness (QED) is 0.293. The second kappa shape index (κ2) is 12.0. The minimum Gasteiger partial charge on any atom is -0.394 e. The van der Waals surface area contributed by atoms with E-state index in [1.807, 2.05) is 12.1 Å². The van der Waals surface area contributed by atoms with Crippen molar-refractivity contribution in [3.63, 3.8) is 0 Å². The molecule has 0 fully saturated rings. The van der Waals surface area contributed by atoms with E-state index in [1.54, 1.807) is 48.7 Å². The molecule has 9 nitrogen and oxygen atoms in total. The number of pyridine rings is 1. The number of halogens is 2. The summed E-state index contributed by atoms with van der Waals surface area (Å²) in [6, 6.07) is 18.2. The Morgan fingerprint density at radius 1 is 1.03 bits per heavy atom. The second-order valence-corrected chi connectivity index (χ2v) is 8.77. The summed E-state index contributed by atoms with van der Waals surface area (Å²) < 4.78 is 6.44. The van der Waals surface area contributed by atoms with E-state index in [0.29, 0.717) is 22.0 Å². The summed E-state index contributed by atoms with van der Waals surface area (Å²) in [6.07, 6.45) is 1.62. The Labute approximate surface area is 223 Å². The number of carbonyl (C=O) groups is 2. The number of rotatable bonds is 9. The monoisotopic (exact) mass is 539 g/mol. The molecular formula is C26H23Cl2N5O4. The number of methoxy groups -OCH3 is 1. The zero-order valence-electron chi connectivity index (χ0n) is 19.7. The minimum absolute atomic E-state index is 0.0325. The van der Waals surface area contributed by atoms with Crippen LogP contribution in [0.5, 0.6) is 0 Å². The molecule has 3 N–H and O–H groups in total. The molecule has 0 aliphatic carbocycles. The van der Waals surface area contributed by atoms with E-state index in [-0.39, 0.29) is 35.3 Å². The summed E-state index contributed by atoms with van der Waals surface area (Å²) in [5.74, 6) is -0.835. The molecule has 0 aliphatic heterocycles. The van der Waals surface area contributed by atoms with Gasteiger partial charge in [0.15, 0.2) is 5.69 Å². The summed E-state index contributed by atoms with van der Waals surface area (Å²) in [4.78, 5) is 30.5. The molecule has 190 valence electrons. The standard InChI is InChI=1S/C26H23Cl2N5O4/c1-37-15-16(14-34)30-26(36)23-13-24(33(32-23)17-7-3-2-4-8-17)31-25(35)19-11-18(20(27)12-21(19)28)22-9-5-6-10-29-22/h2-13,16,34H,14-15H2,1H3,(H,30,36)(H,31,35)/t16-/m0/s1. The lowest BCUT2D eigenvalue weighted by Gasteiger charge is -2.13. The van der Waals surface area contributed by atoms with Gasteiger partial charge in [0, 0.05) is 24.9 Å². The number of anilines is 1. The molecule has 0 bridgehead atoms. The molecule has 37 heavy (non-hydrogen) atoms. The van der Waals surface area contributed by atoms with Gasteiger partial charge in [0.05, 0.1) is 46.2 Å². The van der Waals surface area contributed by atoms with Gasteiger partial charge in [0.25, 0.3) is 11.8 Å². The lowest BCUT2D eigenvalue weighted by molar-refractivity contribution is 0.0834. The summed E-state index contributed by atoms with van der Waals surface area (Å²) in [7, 11) is 1.47. The summed E-state index contributed by atoms with van der Waals surface area (Å²) in [5.41, 5.74) is 1.94. The average Bonchev–Trinajstić information content (AvgIpc) is 3.33. The molecule has 0 radical (unpaired) electrons. The zero-order valence-corrected chi connectivity index (χ0v) is 21.2. The largest absolute Gasteiger partial charge is 0.394 e. The minimum atomic E-state index is -0.615. The van der Waals surface area contributed by atoms with E-state index in [9.17, 15) is 14.7 Å². The third kappa shape index (κ3) is 6.15. The Kier molecular flexibility index (Phi) is 8.52. The second-order valence-electron chi connectivity index (χ2n) is 7.95. The Bertz CT molecular complexity index is 1400. The van der Waals surface area contributed by atoms with Crippen molar-refractivity contribution in [3.8, 4) is 16.9 Å². The molecule has 4 aromatic rings. The fraction of sp³-hybridized carbons (Fsp3) is 0.154. The Morgan fingerprint density at radius 2 is 1.78 bits per heavy atom. The van der Waals surface area contributed by atoms with Crippen LogP contribution < -0.4 is 10.6 Å². The number of aliphatic hydroxyl groups is 1. The van der Waals surface area contributed by atoms with Gasteiger partial charge in [-0.05, 0) is 36.4 Å². The first-order valence-electron chi connectivity index (χ1n) is 11.2. The first kappa shape index (κ1) is 26.3. The van der Waals surface area contributed by atoms with Crippen LogP contribution in [0.3, 0.4) is 0 Å². The lowest BCUT2D eigenvalue weighted by Crippen LogP contribution is -2.40. The molecule has 4 rings (SSSR count). The van der Waals surface area contributed by atoms with Crippen LogP contribution in [0.1, 0.15) is 20.8 Å². The highest BCUT2D eigenvalue weighted by Gasteiger charge is 2.22. The number of para-hydroxylation sites is 1. The lowest BCUT2D eigenvalue weighted by atomic mass is 10.1. The van der Waals surface area contributed by atoms with Gasteiger partial charge in [-0.15, -0.1) is 0 Å². The van der Waals surface area contributed by atoms with Crippen molar-refractivity contribution in [3.05, 3.63) is 94.2 Å². The molecule has 1 atom stereocenters. The molecule has 0 saturated heterocycles. The Morgan fingerprint density at radius 3 is 2.46 bits per heavy atom. The van der Waals surface area contributed by atoms with Crippen molar-refractivity contribution in [1.29, 1.82) is 0 Å². The van der Waals surface area contributed by atoms with Crippen LogP contribution in [-0.4, -0.2) is 58.1 Å². The molecule has 0 unspecified atom stereocenters. The SMILES string of the molecule is COC[C@H](CO)NC(=O)c1cc(NC(=O)c2cc(-c3ccccn3)c(Cl)cc2Cl)n(-c2ccccc2)n1. The third-order valence-electron chi connectivity index (χ3n) is 5.35. The van der Waals surface area contributed by atoms with Gasteiger partial charge in [-0.3, -0.25) is 14.6 Å². The predicted molar refractivity (Wildman–Crippen MR) is 141 cm³/mol. The maximum atomic E-state index is 13.4.